The second-order valence-corrected chi connectivity index (χ2v) is 7.70. The molecular weight excluding hydrogens is 369 g/mol. The topological polar surface area (TPSA) is 42.9 Å². The number of carbonyl (C=O) groups is 1. The molecule has 1 aromatic carbocycles. The summed E-state index contributed by atoms with van der Waals surface area (Å²) >= 11 is 0. The van der Waals surface area contributed by atoms with E-state index in [0.717, 1.165) is 50.6 Å². The van der Waals surface area contributed by atoms with E-state index in [1.807, 2.05) is 41.4 Å². The Morgan fingerprint density at radius 1 is 0.862 bits per heavy atom. The van der Waals surface area contributed by atoms with Gasteiger partial charge in [0.2, 0.25) is 5.91 Å². The van der Waals surface area contributed by atoms with Crippen LogP contribution in [0.15, 0.2) is 48.7 Å². The Kier molecular flexibility index (Phi) is 6.36. The molecule has 0 saturated carbocycles. The Morgan fingerprint density at radius 3 is 2.24 bits per heavy atom. The highest BCUT2D eigenvalue weighted by molar-refractivity contribution is 5.78. The molecule has 2 fully saturated rings. The molecule has 1 aromatic heterocycles. The first-order valence-electron chi connectivity index (χ1n) is 10.3. The maximum absolute atomic E-state index is 13.8. The second kappa shape index (κ2) is 9.33. The number of piperazine rings is 2. The number of aromatic nitrogens is 1. The van der Waals surface area contributed by atoms with E-state index < -0.39 is 0 Å². The summed E-state index contributed by atoms with van der Waals surface area (Å²) in [5, 5.41) is 0. The van der Waals surface area contributed by atoms with Crippen LogP contribution < -0.4 is 4.90 Å². The summed E-state index contributed by atoms with van der Waals surface area (Å²) in [4.78, 5) is 25.8. The molecule has 0 atom stereocenters. The van der Waals surface area contributed by atoms with Crippen LogP contribution in [0, 0.1) is 5.82 Å². The van der Waals surface area contributed by atoms with E-state index in [0.29, 0.717) is 26.2 Å². The molecule has 2 aromatic rings. The summed E-state index contributed by atoms with van der Waals surface area (Å²) in [6.45, 7) is 7.59. The summed E-state index contributed by atoms with van der Waals surface area (Å²) in [6, 6.07) is 12.9. The van der Waals surface area contributed by atoms with Crippen LogP contribution in [0.2, 0.25) is 0 Å². The number of hydrogen-bond acceptors (Lipinski definition) is 5. The van der Waals surface area contributed by atoms with Crippen molar-refractivity contribution in [1.29, 1.82) is 0 Å². The van der Waals surface area contributed by atoms with Gasteiger partial charge in [0.05, 0.1) is 6.54 Å². The number of hydrogen-bond donors (Lipinski definition) is 0. The van der Waals surface area contributed by atoms with E-state index in [1.54, 1.807) is 6.07 Å². The summed E-state index contributed by atoms with van der Waals surface area (Å²) in [5.74, 6) is 1.04. The fraction of sp³-hybridized carbons (Fsp3) is 0.455. The van der Waals surface area contributed by atoms with Gasteiger partial charge in [0.1, 0.15) is 11.6 Å². The molecular formula is C22H28FN5O. The third kappa shape index (κ3) is 5.10. The highest BCUT2D eigenvalue weighted by Gasteiger charge is 2.25. The standard InChI is InChI=1S/C22H28FN5O/c23-20-6-2-1-5-19(20)17-25-11-15-28(16-12-25)22(29)18-26-9-13-27(14-10-26)21-7-3-4-8-24-21/h1-8H,9-18H2. The summed E-state index contributed by atoms with van der Waals surface area (Å²) in [6.07, 6.45) is 1.82. The average molecular weight is 397 g/mol. The largest absolute Gasteiger partial charge is 0.354 e. The lowest BCUT2D eigenvalue weighted by Crippen LogP contribution is -2.53. The Bertz CT molecular complexity index is 802. The molecule has 154 valence electrons. The maximum atomic E-state index is 13.8. The van der Waals surface area contributed by atoms with Crippen LogP contribution >= 0.6 is 0 Å². The van der Waals surface area contributed by atoms with Crippen LogP contribution in [0.5, 0.6) is 0 Å². The van der Waals surface area contributed by atoms with E-state index in [-0.39, 0.29) is 11.7 Å². The molecule has 0 N–H and O–H groups in total. The third-order valence-corrected chi connectivity index (χ3v) is 5.78. The first kappa shape index (κ1) is 19.8. The molecule has 0 unspecified atom stereocenters. The molecule has 4 rings (SSSR count). The van der Waals surface area contributed by atoms with Crippen molar-refractivity contribution in [2.75, 3.05) is 63.8 Å². The zero-order valence-corrected chi connectivity index (χ0v) is 16.7. The predicted molar refractivity (Wildman–Crippen MR) is 111 cm³/mol. The zero-order valence-electron chi connectivity index (χ0n) is 16.7. The normalized spacial score (nSPS) is 18.8. The smallest absolute Gasteiger partial charge is 0.236 e. The zero-order chi connectivity index (χ0) is 20.1. The summed E-state index contributed by atoms with van der Waals surface area (Å²) < 4.78 is 13.8. The van der Waals surface area contributed by atoms with Crippen LogP contribution in [-0.2, 0) is 11.3 Å². The number of carbonyl (C=O) groups excluding carboxylic acids is 1. The van der Waals surface area contributed by atoms with Crippen molar-refractivity contribution >= 4 is 11.7 Å². The van der Waals surface area contributed by atoms with Crippen LogP contribution in [0.3, 0.4) is 0 Å². The Morgan fingerprint density at radius 2 is 1.55 bits per heavy atom. The van der Waals surface area contributed by atoms with Gasteiger partial charge in [0.15, 0.2) is 0 Å². The minimum Gasteiger partial charge on any atom is -0.354 e. The number of rotatable bonds is 5. The van der Waals surface area contributed by atoms with Crippen LogP contribution in [0.1, 0.15) is 5.56 Å². The van der Waals surface area contributed by atoms with E-state index in [4.69, 9.17) is 0 Å². The number of anilines is 1. The molecule has 0 spiro atoms. The van der Waals surface area contributed by atoms with Gasteiger partial charge < -0.3 is 9.80 Å². The quantitative estimate of drug-likeness (QED) is 0.768. The van der Waals surface area contributed by atoms with Crippen molar-refractivity contribution in [3.8, 4) is 0 Å². The third-order valence-electron chi connectivity index (χ3n) is 5.78. The van der Waals surface area contributed by atoms with Crippen molar-refractivity contribution in [3.05, 3.63) is 60.0 Å². The van der Waals surface area contributed by atoms with Crippen LogP contribution in [0.4, 0.5) is 10.2 Å². The molecule has 2 saturated heterocycles. The number of halogens is 1. The van der Waals surface area contributed by atoms with Crippen LogP contribution in [0.25, 0.3) is 0 Å². The maximum Gasteiger partial charge on any atom is 0.236 e. The van der Waals surface area contributed by atoms with E-state index in [1.165, 1.54) is 6.07 Å². The fourth-order valence-electron chi connectivity index (χ4n) is 3.99. The van der Waals surface area contributed by atoms with E-state index in [2.05, 4.69) is 19.7 Å². The van der Waals surface area contributed by atoms with Crippen molar-refractivity contribution in [2.45, 2.75) is 6.54 Å². The molecule has 0 bridgehead atoms. The molecule has 7 heteroatoms. The van der Waals surface area contributed by atoms with Crippen molar-refractivity contribution < 1.29 is 9.18 Å². The number of amides is 1. The van der Waals surface area contributed by atoms with Gasteiger partial charge in [-0.05, 0) is 18.2 Å². The van der Waals surface area contributed by atoms with Crippen molar-refractivity contribution in [2.24, 2.45) is 0 Å². The SMILES string of the molecule is O=C(CN1CCN(c2ccccn2)CC1)N1CCN(Cc2ccccc2F)CC1. The minimum absolute atomic E-state index is 0.157. The molecule has 0 aliphatic carbocycles. The first-order valence-corrected chi connectivity index (χ1v) is 10.3. The highest BCUT2D eigenvalue weighted by Crippen LogP contribution is 2.14. The molecule has 29 heavy (non-hydrogen) atoms. The van der Waals surface area contributed by atoms with Gasteiger partial charge in [-0.2, -0.15) is 0 Å². The number of nitrogens with zero attached hydrogens (tertiary/aromatic N) is 5. The van der Waals surface area contributed by atoms with Crippen LogP contribution in [-0.4, -0.2) is 84.5 Å². The fourth-order valence-corrected chi connectivity index (χ4v) is 3.99. The van der Waals surface area contributed by atoms with Gasteiger partial charge >= 0.3 is 0 Å². The first-order chi connectivity index (χ1) is 14.2. The molecule has 2 aliphatic heterocycles. The summed E-state index contributed by atoms with van der Waals surface area (Å²) in [7, 11) is 0. The van der Waals surface area contributed by atoms with Crippen molar-refractivity contribution in [1.82, 2.24) is 19.7 Å². The van der Waals surface area contributed by atoms with Crippen molar-refractivity contribution in [3.63, 3.8) is 0 Å². The molecule has 3 heterocycles. The minimum atomic E-state index is -0.157. The van der Waals surface area contributed by atoms with Gasteiger partial charge in [-0.1, -0.05) is 24.3 Å². The predicted octanol–water partition coefficient (Wildman–Crippen LogP) is 1.69. The van der Waals surface area contributed by atoms with E-state index >= 15 is 0 Å². The Labute approximate surface area is 171 Å². The average Bonchev–Trinajstić information content (AvgIpc) is 2.77. The molecule has 1 amide bonds. The lowest BCUT2D eigenvalue weighted by molar-refractivity contribution is -0.134. The number of pyridine rings is 1. The highest BCUT2D eigenvalue weighted by atomic mass is 19.1. The monoisotopic (exact) mass is 397 g/mol. The Balaban J connectivity index is 1.20. The molecule has 6 nitrogen and oxygen atoms in total. The lowest BCUT2D eigenvalue weighted by atomic mass is 10.2. The second-order valence-electron chi connectivity index (χ2n) is 7.70. The lowest BCUT2D eigenvalue weighted by Gasteiger charge is -2.38. The van der Waals surface area contributed by atoms with Gasteiger partial charge in [-0.3, -0.25) is 14.6 Å². The van der Waals surface area contributed by atoms with Gasteiger partial charge in [-0.15, -0.1) is 0 Å². The van der Waals surface area contributed by atoms with Gasteiger partial charge in [-0.25, -0.2) is 9.37 Å². The summed E-state index contributed by atoms with van der Waals surface area (Å²) in [5.41, 5.74) is 0.720. The number of benzene rings is 1. The van der Waals surface area contributed by atoms with E-state index in [9.17, 15) is 9.18 Å². The molecule has 2 aliphatic rings. The molecule has 0 radical (unpaired) electrons. The van der Waals surface area contributed by atoms with Gasteiger partial charge in [0.25, 0.3) is 0 Å². The van der Waals surface area contributed by atoms with Gasteiger partial charge in [0, 0.05) is 70.7 Å². The Hall–Kier alpha value is -2.51.